The molecule has 0 fully saturated rings. The smallest absolute Gasteiger partial charge is 0.160 e. The molecule has 4 heteroatoms. The lowest BCUT2D eigenvalue weighted by Crippen LogP contribution is -1.96. The van der Waals surface area contributed by atoms with Gasteiger partial charge in [0.15, 0.2) is 5.82 Å². The summed E-state index contributed by atoms with van der Waals surface area (Å²) in [6.07, 6.45) is 0. The van der Waals surface area contributed by atoms with E-state index in [0.717, 1.165) is 89.1 Å². The highest BCUT2D eigenvalue weighted by Crippen LogP contribution is 2.37. The van der Waals surface area contributed by atoms with Crippen molar-refractivity contribution in [3.05, 3.63) is 206 Å². The molecule has 0 saturated carbocycles. The van der Waals surface area contributed by atoms with E-state index in [1.165, 1.54) is 5.56 Å². The van der Waals surface area contributed by atoms with Crippen LogP contribution in [-0.2, 0) is 0 Å². The van der Waals surface area contributed by atoms with Crippen LogP contribution >= 0.6 is 0 Å². The molecule has 3 aromatic heterocycles. The second kappa shape index (κ2) is 14.3. The van der Waals surface area contributed by atoms with Crippen molar-refractivity contribution in [2.75, 3.05) is 0 Å². The van der Waals surface area contributed by atoms with E-state index in [0.29, 0.717) is 5.82 Å². The number of pyridine rings is 2. The van der Waals surface area contributed by atoms with Crippen LogP contribution in [0.1, 0.15) is 0 Å². The molecule has 0 aliphatic heterocycles. The van der Waals surface area contributed by atoms with Crippen molar-refractivity contribution in [3.63, 3.8) is 0 Å². The van der Waals surface area contributed by atoms with Gasteiger partial charge < -0.3 is 0 Å². The fourth-order valence-corrected chi connectivity index (χ4v) is 7.41. The third kappa shape index (κ3) is 6.40. The summed E-state index contributed by atoms with van der Waals surface area (Å²) in [6, 6.07) is 71.5. The lowest BCUT2D eigenvalue weighted by molar-refractivity contribution is 1.18. The molecule has 0 unspecified atom stereocenters. The summed E-state index contributed by atoms with van der Waals surface area (Å²) in [7, 11) is 0. The second-order valence-corrected chi connectivity index (χ2v) is 13.9. The standard InChI is InChI=1S/C52H34N4/c1-5-14-35(15-6-1)42-22-13-23-43(32-42)46-31-29-40-28-30-44-45(33-47(37-16-7-2-8-17-37)54-51(44)50(40)53-46)36-24-26-41(27-25-36)52-55-48(38-18-9-3-10-19-38)34-49(56-52)39-20-11-4-12-21-39/h1-34H. The van der Waals surface area contributed by atoms with Crippen molar-refractivity contribution in [1.29, 1.82) is 0 Å². The predicted octanol–water partition coefficient (Wildman–Crippen LogP) is 13.2. The van der Waals surface area contributed by atoms with Gasteiger partial charge in [-0.05, 0) is 46.5 Å². The normalized spacial score (nSPS) is 11.2. The summed E-state index contributed by atoms with van der Waals surface area (Å²) in [6.45, 7) is 0. The van der Waals surface area contributed by atoms with Crippen LogP contribution in [0.3, 0.4) is 0 Å². The number of rotatable bonds is 7. The van der Waals surface area contributed by atoms with Gasteiger partial charge in [0.05, 0.1) is 33.8 Å². The van der Waals surface area contributed by atoms with E-state index in [1.54, 1.807) is 0 Å². The average molecular weight is 715 g/mol. The first-order valence-corrected chi connectivity index (χ1v) is 18.8. The van der Waals surface area contributed by atoms with E-state index >= 15 is 0 Å². The molecule has 10 rings (SSSR count). The molecular formula is C52H34N4. The number of hydrogen-bond acceptors (Lipinski definition) is 4. The molecule has 262 valence electrons. The van der Waals surface area contributed by atoms with Gasteiger partial charge in [0, 0.05) is 38.6 Å². The zero-order valence-corrected chi connectivity index (χ0v) is 30.4. The quantitative estimate of drug-likeness (QED) is 0.154. The van der Waals surface area contributed by atoms with Crippen molar-refractivity contribution < 1.29 is 0 Å². The fourth-order valence-electron chi connectivity index (χ4n) is 7.41. The first kappa shape index (κ1) is 33.0. The van der Waals surface area contributed by atoms with Crippen molar-refractivity contribution in [3.8, 4) is 78.7 Å². The predicted molar refractivity (Wildman–Crippen MR) is 231 cm³/mol. The van der Waals surface area contributed by atoms with Gasteiger partial charge >= 0.3 is 0 Å². The molecule has 7 aromatic carbocycles. The average Bonchev–Trinajstić information content (AvgIpc) is 3.29. The maximum Gasteiger partial charge on any atom is 0.160 e. The Morgan fingerprint density at radius 1 is 0.250 bits per heavy atom. The third-order valence-corrected chi connectivity index (χ3v) is 10.3. The van der Waals surface area contributed by atoms with E-state index in [4.69, 9.17) is 19.9 Å². The molecule has 0 aliphatic rings. The molecule has 0 bridgehead atoms. The van der Waals surface area contributed by atoms with Crippen LogP contribution in [0.4, 0.5) is 0 Å². The van der Waals surface area contributed by atoms with Crippen LogP contribution in [0.2, 0.25) is 0 Å². The van der Waals surface area contributed by atoms with Crippen LogP contribution < -0.4 is 0 Å². The SMILES string of the molecule is c1ccc(-c2cccc(-c3ccc4ccc5c(-c6ccc(-c7nc(-c8ccccc8)cc(-c8ccccc8)n7)cc6)cc(-c6ccccc6)nc5c4n3)c2)cc1. The number of benzene rings is 7. The summed E-state index contributed by atoms with van der Waals surface area (Å²) in [5, 5.41) is 2.09. The largest absolute Gasteiger partial charge is 0.245 e. The Morgan fingerprint density at radius 3 is 1.34 bits per heavy atom. The number of aromatic nitrogens is 4. The maximum atomic E-state index is 5.32. The molecule has 0 atom stereocenters. The molecule has 10 aromatic rings. The molecule has 4 nitrogen and oxygen atoms in total. The molecule has 0 amide bonds. The second-order valence-electron chi connectivity index (χ2n) is 13.9. The Kier molecular flexibility index (Phi) is 8.47. The lowest BCUT2D eigenvalue weighted by Gasteiger charge is -2.14. The molecule has 0 radical (unpaired) electrons. The van der Waals surface area contributed by atoms with Gasteiger partial charge in [-0.2, -0.15) is 0 Å². The highest BCUT2D eigenvalue weighted by molar-refractivity contribution is 6.09. The van der Waals surface area contributed by atoms with Crippen LogP contribution in [0, 0.1) is 0 Å². The highest BCUT2D eigenvalue weighted by Gasteiger charge is 2.16. The van der Waals surface area contributed by atoms with Gasteiger partial charge in [-0.1, -0.05) is 182 Å². The lowest BCUT2D eigenvalue weighted by atomic mass is 9.96. The number of fused-ring (bicyclic) bond motifs is 3. The van der Waals surface area contributed by atoms with E-state index in [-0.39, 0.29) is 0 Å². The summed E-state index contributed by atoms with van der Waals surface area (Å²) in [5.41, 5.74) is 15.0. The van der Waals surface area contributed by atoms with E-state index in [2.05, 4.69) is 158 Å². The highest BCUT2D eigenvalue weighted by atomic mass is 14.9. The van der Waals surface area contributed by atoms with Gasteiger partial charge in [0.2, 0.25) is 0 Å². The monoisotopic (exact) mass is 714 g/mol. The molecule has 3 heterocycles. The van der Waals surface area contributed by atoms with E-state index in [1.807, 2.05) is 48.5 Å². The summed E-state index contributed by atoms with van der Waals surface area (Å²) in [5.74, 6) is 0.681. The molecule has 56 heavy (non-hydrogen) atoms. The summed E-state index contributed by atoms with van der Waals surface area (Å²) in [4.78, 5) is 20.8. The van der Waals surface area contributed by atoms with Gasteiger partial charge in [-0.25, -0.2) is 19.9 Å². The minimum atomic E-state index is 0.681. The van der Waals surface area contributed by atoms with Crippen molar-refractivity contribution in [2.45, 2.75) is 0 Å². The molecule has 0 N–H and O–H groups in total. The van der Waals surface area contributed by atoms with Crippen LogP contribution in [0.15, 0.2) is 206 Å². The Hall–Kier alpha value is -7.56. The van der Waals surface area contributed by atoms with Crippen LogP contribution in [0.5, 0.6) is 0 Å². The minimum absolute atomic E-state index is 0.681. The molecule has 0 saturated heterocycles. The number of hydrogen-bond donors (Lipinski definition) is 0. The Morgan fingerprint density at radius 2 is 0.732 bits per heavy atom. The fraction of sp³-hybridized carbons (Fsp3) is 0. The Bertz CT molecular complexity index is 2930. The Balaban J connectivity index is 1.11. The topological polar surface area (TPSA) is 51.6 Å². The van der Waals surface area contributed by atoms with Crippen molar-refractivity contribution in [2.24, 2.45) is 0 Å². The first-order valence-electron chi connectivity index (χ1n) is 18.8. The van der Waals surface area contributed by atoms with Gasteiger partial charge in [0.1, 0.15) is 0 Å². The maximum absolute atomic E-state index is 5.32. The van der Waals surface area contributed by atoms with E-state index < -0.39 is 0 Å². The van der Waals surface area contributed by atoms with Crippen LogP contribution in [0.25, 0.3) is 100 Å². The zero-order chi connectivity index (χ0) is 37.3. The molecule has 0 aliphatic carbocycles. The van der Waals surface area contributed by atoms with Gasteiger partial charge in [0.25, 0.3) is 0 Å². The van der Waals surface area contributed by atoms with Crippen molar-refractivity contribution in [1.82, 2.24) is 19.9 Å². The van der Waals surface area contributed by atoms with Gasteiger partial charge in [-0.15, -0.1) is 0 Å². The Labute approximate surface area is 325 Å². The van der Waals surface area contributed by atoms with Crippen LogP contribution in [-0.4, -0.2) is 19.9 Å². The molecular weight excluding hydrogens is 681 g/mol. The molecule has 0 spiro atoms. The minimum Gasteiger partial charge on any atom is -0.245 e. The zero-order valence-electron chi connectivity index (χ0n) is 30.4. The number of nitrogens with zero attached hydrogens (tertiary/aromatic N) is 4. The van der Waals surface area contributed by atoms with E-state index in [9.17, 15) is 0 Å². The van der Waals surface area contributed by atoms with Gasteiger partial charge in [-0.3, -0.25) is 0 Å². The third-order valence-electron chi connectivity index (χ3n) is 10.3. The summed E-state index contributed by atoms with van der Waals surface area (Å²) >= 11 is 0. The first-order chi connectivity index (χ1) is 27.7. The van der Waals surface area contributed by atoms with Crippen molar-refractivity contribution >= 4 is 21.8 Å². The summed E-state index contributed by atoms with van der Waals surface area (Å²) < 4.78 is 0.